The number of nitrogens with one attached hydrogen (secondary N) is 2. The molecule has 1 aromatic carbocycles. The Morgan fingerprint density at radius 1 is 1.38 bits per heavy atom. The van der Waals surface area contributed by atoms with Crippen molar-refractivity contribution in [2.75, 3.05) is 6.61 Å². The second kappa shape index (κ2) is 7.68. The summed E-state index contributed by atoms with van der Waals surface area (Å²) in [7, 11) is 0. The minimum Gasteiger partial charge on any atom is -0.491 e. The van der Waals surface area contributed by atoms with E-state index in [1.807, 2.05) is 38.1 Å². The van der Waals surface area contributed by atoms with Crippen LogP contribution in [0.5, 0.6) is 5.75 Å². The van der Waals surface area contributed by atoms with Crippen LogP contribution in [0.3, 0.4) is 0 Å². The van der Waals surface area contributed by atoms with Crippen molar-refractivity contribution in [1.82, 2.24) is 10.6 Å². The van der Waals surface area contributed by atoms with E-state index in [-0.39, 0.29) is 18.7 Å². The van der Waals surface area contributed by atoms with Crippen LogP contribution >= 0.6 is 0 Å². The zero-order valence-electron chi connectivity index (χ0n) is 14.1. The Bertz CT molecular complexity index is 679. The number of esters is 1. The number of hydrogen-bond donors (Lipinski definition) is 2. The maximum absolute atomic E-state index is 12.4. The van der Waals surface area contributed by atoms with E-state index in [1.54, 1.807) is 6.92 Å². The second-order valence-electron chi connectivity index (χ2n) is 5.66. The fourth-order valence-electron chi connectivity index (χ4n) is 2.49. The summed E-state index contributed by atoms with van der Waals surface area (Å²) >= 11 is 0. The van der Waals surface area contributed by atoms with Crippen molar-refractivity contribution in [2.45, 2.75) is 32.9 Å². The highest BCUT2D eigenvalue weighted by Crippen LogP contribution is 2.33. The number of para-hydroxylation sites is 1. The average molecular weight is 330 g/mol. The molecule has 1 aliphatic heterocycles. The first kappa shape index (κ1) is 17.6. The number of benzene rings is 1. The molecular formula is C18H22N2O4. The molecule has 128 valence electrons. The largest absolute Gasteiger partial charge is 0.491 e. The molecule has 1 aromatic rings. The monoisotopic (exact) mass is 330 g/mol. The van der Waals surface area contributed by atoms with Gasteiger partial charge in [-0.05, 0) is 26.8 Å². The SMILES string of the molecule is C=CCOC(=O)C1=C(C)NC(=O)N[C@H]1c1ccccc1OC(C)C. The van der Waals surface area contributed by atoms with E-state index in [0.717, 1.165) is 0 Å². The van der Waals surface area contributed by atoms with Gasteiger partial charge in [0.2, 0.25) is 0 Å². The van der Waals surface area contributed by atoms with Gasteiger partial charge in [0.1, 0.15) is 12.4 Å². The van der Waals surface area contributed by atoms with Gasteiger partial charge in [-0.3, -0.25) is 0 Å². The molecule has 2 N–H and O–H groups in total. The van der Waals surface area contributed by atoms with Crippen LogP contribution in [0.1, 0.15) is 32.4 Å². The van der Waals surface area contributed by atoms with Gasteiger partial charge in [0.05, 0.1) is 17.7 Å². The van der Waals surface area contributed by atoms with Gasteiger partial charge in [0.15, 0.2) is 0 Å². The lowest BCUT2D eigenvalue weighted by Gasteiger charge is -2.29. The summed E-state index contributed by atoms with van der Waals surface area (Å²) in [5, 5.41) is 5.38. The molecule has 0 unspecified atom stereocenters. The molecule has 0 spiro atoms. The third kappa shape index (κ3) is 3.95. The van der Waals surface area contributed by atoms with Crippen molar-refractivity contribution in [1.29, 1.82) is 0 Å². The Labute approximate surface area is 141 Å². The van der Waals surface area contributed by atoms with Crippen molar-refractivity contribution in [3.05, 3.63) is 53.8 Å². The molecule has 24 heavy (non-hydrogen) atoms. The molecule has 0 saturated heterocycles. The molecule has 6 nitrogen and oxygen atoms in total. The summed E-state index contributed by atoms with van der Waals surface area (Å²) < 4.78 is 11.0. The first-order chi connectivity index (χ1) is 11.4. The van der Waals surface area contributed by atoms with E-state index in [9.17, 15) is 9.59 Å². The van der Waals surface area contributed by atoms with Crippen LogP contribution in [-0.2, 0) is 9.53 Å². The summed E-state index contributed by atoms with van der Waals surface area (Å²) in [5.41, 5.74) is 1.50. The van der Waals surface area contributed by atoms with Crippen molar-refractivity contribution in [3.8, 4) is 5.75 Å². The van der Waals surface area contributed by atoms with Crippen LogP contribution in [0.2, 0.25) is 0 Å². The minimum atomic E-state index is -0.647. The molecule has 1 atom stereocenters. The zero-order valence-corrected chi connectivity index (χ0v) is 14.1. The molecule has 2 amide bonds. The van der Waals surface area contributed by atoms with E-state index in [4.69, 9.17) is 9.47 Å². The summed E-state index contributed by atoms with van der Waals surface area (Å²) in [6, 6.07) is 6.28. The lowest BCUT2D eigenvalue weighted by atomic mass is 9.95. The van der Waals surface area contributed by atoms with Crippen LogP contribution in [0.15, 0.2) is 48.2 Å². The van der Waals surface area contributed by atoms with Crippen molar-refractivity contribution in [3.63, 3.8) is 0 Å². The number of carbonyl (C=O) groups excluding carboxylic acids is 2. The van der Waals surface area contributed by atoms with Gasteiger partial charge in [-0.25, -0.2) is 9.59 Å². The third-order valence-electron chi connectivity index (χ3n) is 3.41. The van der Waals surface area contributed by atoms with Crippen molar-refractivity contribution >= 4 is 12.0 Å². The summed E-state index contributed by atoms with van der Waals surface area (Å²) in [5.74, 6) is 0.103. The fraction of sp³-hybridized carbons (Fsp3) is 0.333. The second-order valence-corrected chi connectivity index (χ2v) is 5.66. The lowest BCUT2D eigenvalue weighted by Crippen LogP contribution is -2.45. The van der Waals surface area contributed by atoms with Gasteiger partial charge >= 0.3 is 12.0 Å². The number of amides is 2. The van der Waals surface area contributed by atoms with Crippen LogP contribution in [0.25, 0.3) is 0 Å². The highest BCUT2D eigenvalue weighted by molar-refractivity contribution is 5.95. The van der Waals surface area contributed by atoms with Crippen molar-refractivity contribution in [2.24, 2.45) is 0 Å². The molecule has 0 radical (unpaired) electrons. The summed E-state index contributed by atoms with van der Waals surface area (Å²) in [6.45, 7) is 9.13. The number of allylic oxidation sites excluding steroid dienone is 1. The van der Waals surface area contributed by atoms with E-state index < -0.39 is 12.0 Å². The average Bonchev–Trinajstić information content (AvgIpc) is 2.51. The standard InChI is InChI=1S/C18H22N2O4/c1-5-10-23-17(21)15-12(4)19-18(22)20-16(15)13-8-6-7-9-14(13)24-11(2)3/h5-9,11,16H,1,10H2,2-4H3,(H2,19,20,22)/t16-/m0/s1. The Kier molecular flexibility index (Phi) is 5.63. The molecule has 6 heteroatoms. The summed E-state index contributed by atoms with van der Waals surface area (Å²) in [6.07, 6.45) is 1.46. The number of urea groups is 1. The summed E-state index contributed by atoms with van der Waals surface area (Å²) in [4.78, 5) is 24.3. The molecule has 0 aliphatic carbocycles. The van der Waals surface area contributed by atoms with Crippen LogP contribution in [-0.4, -0.2) is 24.7 Å². The maximum Gasteiger partial charge on any atom is 0.338 e. The van der Waals surface area contributed by atoms with Gasteiger partial charge in [0.25, 0.3) is 0 Å². The Morgan fingerprint density at radius 3 is 2.75 bits per heavy atom. The molecule has 0 saturated carbocycles. The lowest BCUT2D eigenvalue weighted by molar-refractivity contribution is -0.138. The normalized spacial score (nSPS) is 17.2. The number of ether oxygens (including phenoxy) is 2. The Balaban J connectivity index is 2.45. The van der Waals surface area contributed by atoms with Crippen LogP contribution < -0.4 is 15.4 Å². The van der Waals surface area contributed by atoms with Crippen molar-refractivity contribution < 1.29 is 19.1 Å². The highest BCUT2D eigenvalue weighted by atomic mass is 16.5. The van der Waals surface area contributed by atoms with Crippen LogP contribution in [0, 0.1) is 0 Å². The highest BCUT2D eigenvalue weighted by Gasteiger charge is 2.33. The molecule has 0 fully saturated rings. The number of carbonyl (C=O) groups is 2. The molecule has 1 aliphatic rings. The smallest absolute Gasteiger partial charge is 0.338 e. The molecule has 2 rings (SSSR count). The van der Waals surface area contributed by atoms with Crippen LogP contribution in [0.4, 0.5) is 4.79 Å². The van der Waals surface area contributed by atoms with E-state index >= 15 is 0 Å². The third-order valence-corrected chi connectivity index (χ3v) is 3.41. The first-order valence-electron chi connectivity index (χ1n) is 7.76. The van der Waals surface area contributed by atoms with Gasteiger partial charge in [-0.15, -0.1) is 0 Å². The Hall–Kier alpha value is -2.76. The van der Waals surface area contributed by atoms with E-state index in [1.165, 1.54) is 6.08 Å². The number of rotatable bonds is 6. The molecule has 1 heterocycles. The zero-order chi connectivity index (χ0) is 17.7. The Morgan fingerprint density at radius 2 is 2.08 bits per heavy atom. The fourth-order valence-corrected chi connectivity index (χ4v) is 2.49. The maximum atomic E-state index is 12.4. The quantitative estimate of drug-likeness (QED) is 0.621. The van der Waals surface area contributed by atoms with Gasteiger partial charge in [-0.2, -0.15) is 0 Å². The first-order valence-corrected chi connectivity index (χ1v) is 7.76. The topological polar surface area (TPSA) is 76.7 Å². The van der Waals surface area contributed by atoms with E-state index in [2.05, 4.69) is 17.2 Å². The van der Waals surface area contributed by atoms with Gasteiger partial charge in [-0.1, -0.05) is 30.9 Å². The van der Waals surface area contributed by atoms with E-state index in [0.29, 0.717) is 22.6 Å². The van der Waals surface area contributed by atoms with Gasteiger partial charge in [0, 0.05) is 11.3 Å². The number of hydrogen-bond acceptors (Lipinski definition) is 4. The predicted octanol–water partition coefficient (Wildman–Crippen LogP) is 2.83. The van der Waals surface area contributed by atoms with Gasteiger partial charge < -0.3 is 20.1 Å². The molecule has 0 aromatic heterocycles. The molecule has 0 bridgehead atoms. The predicted molar refractivity (Wildman–Crippen MR) is 90.5 cm³/mol. The minimum absolute atomic E-state index is 0.0372. The molecular weight excluding hydrogens is 308 g/mol.